The quantitative estimate of drug-likeness (QED) is 0.541. The Hall–Kier alpha value is -0.0800. The minimum absolute atomic E-state index is 0.0100. The number of nitrogens with one attached hydrogen (secondary N) is 1. The van der Waals surface area contributed by atoms with Crippen molar-refractivity contribution >= 4 is 0 Å². The van der Waals surface area contributed by atoms with Crippen LogP contribution in [0.3, 0.4) is 0 Å². The normalized spacial score (nSPS) is 45.0. The van der Waals surface area contributed by atoms with Crippen LogP contribution < -0.4 is 5.32 Å². The van der Waals surface area contributed by atoms with E-state index in [4.69, 9.17) is 0 Å². The lowest BCUT2D eigenvalue weighted by Gasteiger charge is -2.39. The fraction of sp³-hybridized carbons (Fsp3) is 1.00. The summed E-state index contributed by atoms with van der Waals surface area (Å²) >= 11 is 0. The zero-order valence-corrected chi connectivity index (χ0v) is 6.92. The van der Waals surface area contributed by atoms with Crippen molar-refractivity contribution in [3.8, 4) is 0 Å². The Balaban J connectivity index is 1.99. The van der Waals surface area contributed by atoms with Gasteiger partial charge in [-0.25, -0.2) is 0 Å². The molecule has 2 heteroatoms. The molecule has 2 aliphatic rings. The van der Waals surface area contributed by atoms with E-state index < -0.39 is 0 Å². The van der Waals surface area contributed by atoms with Crippen LogP contribution in [-0.2, 0) is 0 Å². The van der Waals surface area contributed by atoms with Gasteiger partial charge < -0.3 is 10.4 Å². The molecule has 2 N–H and O–H groups in total. The molecule has 0 amide bonds. The number of fused-ring (bicyclic) bond motifs is 1. The molecule has 0 aromatic carbocycles. The molecule has 11 heavy (non-hydrogen) atoms. The third-order valence-electron chi connectivity index (χ3n) is 3.24. The third kappa shape index (κ3) is 1.42. The maximum absolute atomic E-state index is 9.68. The van der Waals surface area contributed by atoms with Crippen LogP contribution in [0.2, 0.25) is 0 Å². The number of aliphatic hydroxyl groups is 1. The molecule has 2 nitrogen and oxygen atoms in total. The van der Waals surface area contributed by atoms with E-state index in [-0.39, 0.29) is 6.10 Å². The van der Waals surface area contributed by atoms with Crippen LogP contribution in [0.1, 0.15) is 25.7 Å². The summed E-state index contributed by atoms with van der Waals surface area (Å²) in [5.74, 6) is 1.39. The Morgan fingerprint density at radius 3 is 2.91 bits per heavy atom. The van der Waals surface area contributed by atoms with E-state index in [1.54, 1.807) is 0 Å². The molecule has 1 saturated carbocycles. The lowest BCUT2D eigenvalue weighted by atomic mass is 9.74. The fourth-order valence-electron chi connectivity index (χ4n) is 2.57. The number of piperidine rings is 1. The highest BCUT2D eigenvalue weighted by Crippen LogP contribution is 2.33. The van der Waals surface area contributed by atoms with Crippen molar-refractivity contribution in [1.29, 1.82) is 0 Å². The molecule has 0 spiro atoms. The molecule has 0 aromatic heterocycles. The summed E-state index contributed by atoms with van der Waals surface area (Å²) in [5, 5.41) is 13.1. The predicted octanol–water partition coefficient (Wildman–Crippen LogP) is 0.757. The highest BCUT2D eigenvalue weighted by atomic mass is 16.3. The predicted molar refractivity (Wildman–Crippen MR) is 44.3 cm³/mol. The van der Waals surface area contributed by atoms with Crippen molar-refractivity contribution in [1.82, 2.24) is 5.32 Å². The Bertz CT molecular complexity index is 136. The summed E-state index contributed by atoms with van der Waals surface area (Å²) in [6, 6.07) is 0. The Morgan fingerprint density at radius 1 is 1.18 bits per heavy atom. The van der Waals surface area contributed by atoms with Gasteiger partial charge in [0.1, 0.15) is 0 Å². The molecule has 3 atom stereocenters. The van der Waals surface area contributed by atoms with Gasteiger partial charge in [-0.2, -0.15) is 0 Å². The minimum atomic E-state index is 0.0100. The second kappa shape index (κ2) is 3.11. The van der Waals surface area contributed by atoms with Crippen molar-refractivity contribution in [2.75, 3.05) is 13.1 Å². The van der Waals surface area contributed by atoms with Gasteiger partial charge in [-0.05, 0) is 44.2 Å². The maximum atomic E-state index is 9.68. The SMILES string of the molecule is O[C@H]1CCC[C@H]2CNCC[C@H]21. The van der Waals surface area contributed by atoms with E-state index >= 15 is 0 Å². The lowest BCUT2D eigenvalue weighted by molar-refractivity contribution is 0.0167. The number of hydrogen-bond donors (Lipinski definition) is 2. The summed E-state index contributed by atoms with van der Waals surface area (Å²) < 4.78 is 0. The molecule has 0 aromatic rings. The van der Waals surface area contributed by atoms with Gasteiger partial charge in [0.25, 0.3) is 0 Å². The zero-order chi connectivity index (χ0) is 7.68. The van der Waals surface area contributed by atoms with Crippen LogP contribution in [0.25, 0.3) is 0 Å². The van der Waals surface area contributed by atoms with Crippen molar-refractivity contribution in [2.45, 2.75) is 31.8 Å². The first kappa shape index (κ1) is 7.56. The van der Waals surface area contributed by atoms with Crippen LogP contribution in [0.4, 0.5) is 0 Å². The topological polar surface area (TPSA) is 32.3 Å². The van der Waals surface area contributed by atoms with Gasteiger partial charge in [0.05, 0.1) is 6.10 Å². The van der Waals surface area contributed by atoms with Gasteiger partial charge in [-0.3, -0.25) is 0 Å². The first-order chi connectivity index (χ1) is 5.38. The average Bonchev–Trinajstić information content (AvgIpc) is 2.06. The van der Waals surface area contributed by atoms with E-state index in [0.717, 1.165) is 25.4 Å². The van der Waals surface area contributed by atoms with Crippen LogP contribution in [0, 0.1) is 11.8 Å². The summed E-state index contributed by atoms with van der Waals surface area (Å²) in [7, 11) is 0. The minimum Gasteiger partial charge on any atom is -0.393 e. The third-order valence-corrected chi connectivity index (χ3v) is 3.24. The summed E-state index contributed by atoms with van der Waals surface area (Å²) in [6.07, 6.45) is 4.79. The second-order valence-corrected chi connectivity index (χ2v) is 3.91. The summed E-state index contributed by atoms with van der Waals surface area (Å²) in [5.41, 5.74) is 0. The summed E-state index contributed by atoms with van der Waals surface area (Å²) in [6.45, 7) is 2.25. The van der Waals surface area contributed by atoms with E-state index in [2.05, 4.69) is 5.32 Å². The molecule has 64 valence electrons. The Kier molecular flexibility index (Phi) is 2.14. The first-order valence-electron chi connectivity index (χ1n) is 4.76. The number of hydrogen-bond acceptors (Lipinski definition) is 2. The Labute approximate surface area is 68.0 Å². The van der Waals surface area contributed by atoms with Crippen LogP contribution >= 0.6 is 0 Å². The number of aliphatic hydroxyl groups excluding tert-OH is 1. The molecular weight excluding hydrogens is 138 g/mol. The van der Waals surface area contributed by atoms with E-state index in [9.17, 15) is 5.11 Å². The van der Waals surface area contributed by atoms with Gasteiger partial charge in [-0.1, -0.05) is 6.42 Å². The van der Waals surface area contributed by atoms with E-state index in [1.807, 2.05) is 0 Å². The smallest absolute Gasteiger partial charge is 0.0572 e. The summed E-state index contributed by atoms with van der Waals surface area (Å²) in [4.78, 5) is 0. The fourth-order valence-corrected chi connectivity index (χ4v) is 2.57. The monoisotopic (exact) mass is 155 g/mol. The van der Waals surface area contributed by atoms with Gasteiger partial charge >= 0.3 is 0 Å². The van der Waals surface area contributed by atoms with Crippen molar-refractivity contribution < 1.29 is 5.11 Å². The number of rotatable bonds is 0. The van der Waals surface area contributed by atoms with Crippen LogP contribution in [0.15, 0.2) is 0 Å². The van der Waals surface area contributed by atoms with Crippen LogP contribution in [-0.4, -0.2) is 24.3 Å². The van der Waals surface area contributed by atoms with Crippen molar-refractivity contribution in [3.63, 3.8) is 0 Å². The highest BCUT2D eigenvalue weighted by molar-refractivity contribution is 4.86. The molecule has 1 heterocycles. The maximum Gasteiger partial charge on any atom is 0.0572 e. The molecule has 0 bridgehead atoms. The molecule has 0 unspecified atom stereocenters. The largest absolute Gasteiger partial charge is 0.393 e. The highest BCUT2D eigenvalue weighted by Gasteiger charge is 2.33. The zero-order valence-electron chi connectivity index (χ0n) is 6.92. The molecule has 1 aliphatic carbocycles. The molecular formula is C9H17NO. The molecule has 0 radical (unpaired) electrons. The molecule has 2 rings (SSSR count). The first-order valence-corrected chi connectivity index (χ1v) is 4.76. The van der Waals surface area contributed by atoms with Crippen molar-refractivity contribution in [3.05, 3.63) is 0 Å². The van der Waals surface area contributed by atoms with Crippen LogP contribution in [0.5, 0.6) is 0 Å². The van der Waals surface area contributed by atoms with E-state index in [1.165, 1.54) is 19.3 Å². The van der Waals surface area contributed by atoms with Crippen molar-refractivity contribution in [2.24, 2.45) is 11.8 Å². The van der Waals surface area contributed by atoms with Gasteiger partial charge in [-0.15, -0.1) is 0 Å². The molecule has 2 fully saturated rings. The van der Waals surface area contributed by atoms with Gasteiger partial charge in [0, 0.05) is 0 Å². The Morgan fingerprint density at radius 2 is 2.09 bits per heavy atom. The van der Waals surface area contributed by atoms with Gasteiger partial charge in [0.2, 0.25) is 0 Å². The lowest BCUT2D eigenvalue weighted by Crippen LogP contribution is -2.44. The van der Waals surface area contributed by atoms with E-state index in [0.29, 0.717) is 5.92 Å². The second-order valence-electron chi connectivity index (χ2n) is 3.91. The standard InChI is InChI=1S/C9H17NO/c11-9-3-1-2-7-6-10-5-4-8(7)9/h7-11H,1-6H2/t7-,8+,9-/m0/s1. The van der Waals surface area contributed by atoms with Gasteiger partial charge in [0.15, 0.2) is 0 Å². The molecule has 1 aliphatic heterocycles. The molecule has 1 saturated heterocycles. The average molecular weight is 155 g/mol.